The van der Waals surface area contributed by atoms with E-state index in [-0.39, 0.29) is 41.8 Å². The molecule has 1 saturated heterocycles. The molecular formula is C18H29Cl2N5OS. The highest BCUT2D eigenvalue weighted by Crippen LogP contribution is 2.30. The fraction of sp³-hybridized carbons (Fsp3) is 0.611. The molecule has 0 aromatic carbocycles. The third-order valence-electron chi connectivity index (χ3n) is 5.27. The number of rotatable bonds is 3. The molecule has 0 saturated carbocycles. The summed E-state index contributed by atoms with van der Waals surface area (Å²) in [6.07, 6.45) is 1.01. The van der Waals surface area contributed by atoms with E-state index in [1.165, 1.54) is 16.0 Å². The predicted molar refractivity (Wildman–Crippen MR) is 116 cm³/mol. The lowest BCUT2D eigenvalue weighted by Crippen LogP contribution is -2.52. The quantitative estimate of drug-likeness (QED) is 0.804. The fourth-order valence-corrected chi connectivity index (χ4v) is 4.35. The van der Waals surface area contributed by atoms with Gasteiger partial charge in [-0.05, 0) is 31.2 Å². The summed E-state index contributed by atoms with van der Waals surface area (Å²) in [5, 5.41) is 7.09. The maximum absolute atomic E-state index is 12.5. The number of thiazole rings is 1. The predicted octanol–water partition coefficient (Wildman–Crippen LogP) is 2.92. The van der Waals surface area contributed by atoms with E-state index in [1.807, 2.05) is 13.8 Å². The van der Waals surface area contributed by atoms with Crippen LogP contribution in [-0.2, 0) is 13.6 Å². The van der Waals surface area contributed by atoms with E-state index in [0.29, 0.717) is 5.56 Å². The molecule has 9 heteroatoms. The molecule has 2 aromatic rings. The second kappa shape index (κ2) is 9.01. The van der Waals surface area contributed by atoms with Crippen molar-refractivity contribution in [1.82, 2.24) is 19.7 Å². The fourth-order valence-electron chi connectivity index (χ4n) is 3.44. The Morgan fingerprint density at radius 1 is 1.33 bits per heavy atom. The average molecular weight is 434 g/mol. The second-order valence-electron chi connectivity index (χ2n) is 7.75. The lowest BCUT2D eigenvalue weighted by Gasteiger charge is -2.42. The van der Waals surface area contributed by atoms with Crippen LogP contribution in [0.1, 0.15) is 37.2 Å². The number of likely N-dealkylation sites (tertiary alicyclic amines) is 1. The standard InChI is InChI=1S/C18H27N5OS.2ClH/c1-11-12(2)21-22(5)17(24)15(11)16-20-13(9-25-16)8-23-7-6-14(19)18(3,4)10-23;;/h9,14H,6-8,10,19H2,1-5H3;2*1H. The number of piperidine rings is 1. The van der Waals surface area contributed by atoms with Gasteiger partial charge < -0.3 is 5.73 Å². The van der Waals surface area contributed by atoms with Crippen LogP contribution in [0.5, 0.6) is 0 Å². The number of hydrogen-bond donors (Lipinski definition) is 1. The summed E-state index contributed by atoms with van der Waals surface area (Å²) in [4.78, 5) is 19.7. The minimum absolute atomic E-state index is 0. The molecule has 0 spiro atoms. The molecule has 0 amide bonds. The van der Waals surface area contributed by atoms with Gasteiger partial charge in [-0.2, -0.15) is 5.10 Å². The van der Waals surface area contributed by atoms with Crippen molar-refractivity contribution >= 4 is 36.2 Å². The van der Waals surface area contributed by atoms with Crippen LogP contribution in [0.15, 0.2) is 10.2 Å². The van der Waals surface area contributed by atoms with Gasteiger partial charge in [-0.3, -0.25) is 9.69 Å². The molecule has 2 aromatic heterocycles. The Labute approximate surface area is 177 Å². The third-order valence-corrected chi connectivity index (χ3v) is 6.18. The van der Waals surface area contributed by atoms with E-state index in [0.717, 1.165) is 48.0 Å². The lowest BCUT2D eigenvalue weighted by molar-refractivity contribution is 0.0891. The van der Waals surface area contributed by atoms with E-state index in [1.54, 1.807) is 7.05 Å². The highest BCUT2D eigenvalue weighted by atomic mass is 35.5. The Balaban J connectivity index is 0.00000182. The van der Waals surface area contributed by atoms with Crippen LogP contribution in [0.3, 0.4) is 0 Å². The van der Waals surface area contributed by atoms with Crippen molar-refractivity contribution in [3.8, 4) is 10.6 Å². The molecule has 0 bridgehead atoms. The van der Waals surface area contributed by atoms with Crippen LogP contribution in [0.2, 0.25) is 0 Å². The Bertz CT molecular complexity index is 849. The molecule has 1 aliphatic rings. The Morgan fingerprint density at radius 3 is 2.63 bits per heavy atom. The monoisotopic (exact) mass is 433 g/mol. The zero-order valence-electron chi connectivity index (χ0n) is 16.5. The maximum Gasteiger partial charge on any atom is 0.277 e. The first-order valence-corrected chi connectivity index (χ1v) is 9.54. The SMILES string of the molecule is Cc1nn(C)c(=O)c(-c2nc(CN3CCC(N)C(C)(C)C3)cs2)c1C.Cl.Cl. The molecule has 1 unspecified atom stereocenters. The molecule has 3 heterocycles. The summed E-state index contributed by atoms with van der Waals surface area (Å²) in [6.45, 7) is 11.1. The molecule has 152 valence electrons. The molecule has 2 N–H and O–H groups in total. The lowest BCUT2D eigenvalue weighted by atomic mass is 9.80. The summed E-state index contributed by atoms with van der Waals surface area (Å²) in [6, 6.07) is 0.250. The molecule has 3 rings (SSSR count). The van der Waals surface area contributed by atoms with Gasteiger partial charge in [0.15, 0.2) is 0 Å². The normalized spacial score (nSPS) is 19.3. The first-order valence-electron chi connectivity index (χ1n) is 8.66. The smallest absolute Gasteiger partial charge is 0.277 e. The van der Waals surface area contributed by atoms with Crippen molar-refractivity contribution < 1.29 is 0 Å². The Kier molecular flexibility index (Phi) is 8.02. The highest BCUT2D eigenvalue weighted by Gasteiger charge is 2.33. The molecule has 1 aliphatic heterocycles. The van der Waals surface area contributed by atoms with Crippen molar-refractivity contribution in [2.24, 2.45) is 18.2 Å². The summed E-state index contributed by atoms with van der Waals surface area (Å²) < 4.78 is 1.40. The maximum atomic E-state index is 12.5. The highest BCUT2D eigenvalue weighted by molar-refractivity contribution is 7.13. The van der Waals surface area contributed by atoms with Crippen LogP contribution in [0.25, 0.3) is 10.6 Å². The minimum Gasteiger partial charge on any atom is -0.327 e. The van der Waals surface area contributed by atoms with Gasteiger partial charge in [0.1, 0.15) is 5.01 Å². The van der Waals surface area contributed by atoms with Crippen LogP contribution in [-0.4, -0.2) is 38.8 Å². The second-order valence-corrected chi connectivity index (χ2v) is 8.61. The van der Waals surface area contributed by atoms with Crippen molar-refractivity contribution in [2.45, 2.75) is 46.7 Å². The van der Waals surface area contributed by atoms with Gasteiger partial charge in [0, 0.05) is 38.1 Å². The minimum atomic E-state index is -0.0888. The van der Waals surface area contributed by atoms with E-state index in [9.17, 15) is 4.79 Å². The third kappa shape index (κ3) is 4.90. The summed E-state index contributed by atoms with van der Waals surface area (Å²) >= 11 is 1.53. The molecular weight excluding hydrogens is 405 g/mol. The number of aromatic nitrogens is 3. The number of nitrogens with two attached hydrogens (primary N) is 1. The summed E-state index contributed by atoms with van der Waals surface area (Å²) in [7, 11) is 1.69. The van der Waals surface area contributed by atoms with Crippen LogP contribution < -0.4 is 11.3 Å². The van der Waals surface area contributed by atoms with Gasteiger partial charge in [0.25, 0.3) is 5.56 Å². The number of nitrogens with zero attached hydrogens (tertiary/aromatic N) is 4. The van der Waals surface area contributed by atoms with Gasteiger partial charge in [0.05, 0.1) is 17.0 Å². The molecule has 27 heavy (non-hydrogen) atoms. The summed E-state index contributed by atoms with van der Waals surface area (Å²) in [5.41, 5.74) is 9.72. The van der Waals surface area contributed by atoms with E-state index in [4.69, 9.17) is 10.7 Å². The van der Waals surface area contributed by atoms with Crippen molar-refractivity contribution in [2.75, 3.05) is 13.1 Å². The number of aryl methyl sites for hydroxylation is 2. The zero-order valence-corrected chi connectivity index (χ0v) is 18.9. The van der Waals surface area contributed by atoms with Gasteiger partial charge >= 0.3 is 0 Å². The number of hydrogen-bond acceptors (Lipinski definition) is 6. The van der Waals surface area contributed by atoms with Crippen LogP contribution in [0.4, 0.5) is 0 Å². The van der Waals surface area contributed by atoms with Gasteiger partial charge in [0.2, 0.25) is 0 Å². The molecule has 6 nitrogen and oxygen atoms in total. The average Bonchev–Trinajstić information content (AvgIpc) is 2.97. The summed E-state index contributed by atoms with van der Waals surface area (Å²) in [5.74, 6) is 0. The van der Waals surface area contributed by atoms with Crippen molar-refractivity contribution in [1.29, 1.82) is 0 Å². The first-order chi connectivity index (χ1) is 11.7. The Morgan fingerprint density at radius 2 is 2.00 bits per heavy atom. The molecule has 1 atom stereocenters. The van der Waals surface area contributed by atoms with Crippen LogP contribution >= 0.6 is 36.2 Å². The molecule has 1 fully saturated rings. The van der Waals surface area contributed by atoms with Crippen molar-refractivity contribution in [3.63, 3.8) is 0 Å². The Hall–Kier alpha value is -0.990. The van der Waals surface area contributed by atoms with Gasteiger partial charge in [-0.15, -0.1) is 36.2 Å². The largest absolute Gasteiger partial charge is 0.327 e. The van der Waals surface area contributed by atoms with E-state index in [2.05, 4.69) is 29.2 Å². The zero-order chi connectivity index (χ0) is 18.4. The molecule has 0 radical (unpaired) electrons. The number of halogens is 2. The van der Waals surface area contributed by atoms with Crippen molar-refractivity contribution in [3.05, 3.63) is 32.7 Å². The van der Waals surface area contributed by atoms with Crippen LogP contribution in [0, 0.1) is 19.3 Å². The van der Waals surface area contributed by atoms with Gasteiger partial charge in [-0.1, -0.05) is 13.8 Å². The topological polar surface area (TPSA) is 77.0 Å². The molecule has 0 aliphatic carbocycles. The van der Waals surface area contributed by atoms with E-state index >= 15 is 0 Å². The first kappa shape index (κ1) is 24.0. The van der Waals surface area contributed by atoms with Gasteiger partial charge in [-0.25, -0.2) is 9.67 Å². The van der Waals surface area contributed by atoms with E-state index < -0.39 is 0 Å².